The van der Waals surface area contributed by atoms with Gasteiger partial charge in [-0.05, 0) is 37.6 Å². The molecule has 0 amide bonds. The first-order valence-corrected chi connectivity index (χ1v) is 6.63. The summed E-state index contributed by atoms with van der Waals surface area (Å²) >= 11 is 0. The van der Waals surface area contributed by atoms with E-state index in [1.54, 1.807) is 0 Å². The van der Waals surface area contributed by atoms with Crippen LogP contribution in [0.3, 0.4) is 0 Å². The lowest BCUT2D eigenvalue weighted by Gasteiger charge is -2.40. The van der Waals surface area contributed by atoms with Crippen LogP contribution in [0.15, 0.2) is 29.8 Å². The van der Waals surface area contributed by atoms with Crippen molar-refractivity contribution >= 4 is 10.9 Å². The monoisotopic (exact) mass is 237 g/mol. The van der Waals surface area contributed by atoms with Gasteiger partial charge in [0.05, 0.1) is 6.20 Å². The topological polar surface area (TPSA) is 19.0 Å². The van der Waals surface area contributed by atoms with Gasteiger partial charge in [0.15, 0.2) is 0 Å². The number of hydrogen-bond donors (Lipinski definition) is 1. The molecule has 1 aliphatic heterocycles. The van der Waals surface area contributed by atoms with Crippen molar-refractivity contribution < 1.29 is 0 Å². The number of nitrogens with zero attached hydrogens (tertiary/aromatic N) is 1. The SMILES string of the molecule is CC1=C[C@@H]2c3cccc4[nH][c]c(c34)C[C@H]2N(C)C1. The van der Waals surface area contributed by atoms with Crippen LogP contribution in [0.5, 0.6) is 0 Å². The molecular weight excluding hydrogens is 220 g/mol. The van der Waals surface area contributed by atoms with Crippen molar-refractivity contribution in [3.63, 3.8) is 0 Å². The third-order valence-electron chi connectivity index (χ3n) is 4.46. The van der Waals surface area contributed by atoms with E-state index in [0.717, 1.165) is 13.0 Å². The molecule has 2 heterocycles. The summed E-state index contributed by atoms with van der Waals surface area (Å²) in [6.45, 7) is 3.34. The zero-order chi connectivity index (χ0) is 12.3. The molecule has 1 aromatic heterocycles. The van der Waals surface area contributed by atoms with Crippen molar-refractivity contribution in [2.75, 3.05) is 13.6 Å². The molecule has 0 fully saturated rings. The molecule has 2 nitrogen and oxygen atoms in total. The van der Waals surface area contributed by atoms with Crippen LogP contribution in [-0.2, 0) is 6.42 Å². The summed E-state index contributed by atoms with van der Waals surface area (Å²) in [5, 5.41) is 1.41. The van der Waals surface area contributed by atoms with Crippen molar-refractivity contribution in [1.29, 1.82) is 0 Å². The first kappa shape index (κ1) is 10.4. The fourth-order valence-electron chi connectivity index (χ4n) is 3.69. The molecule has 1 N–H and O–H groups in total. The Balaban J connectivity index is 1.99. The number of likely N-dealkylation sites (N-methyl/N-ethyl adjacent to an activating group) is 1. The minimum absolute atomic E-state index is 0.546. The Labute approximate surface area is 107 Å². The second-order valence-corrected chi connectivity index (χ2v) is 5.72. The van der Waals surface area contributed by atoms with Crippen LogP contribution >= 0.6 is 0 Å². The Morgan fingerprint density at radius 2 is 2.28 bits per heavy atom. The van der Waals surface area contributed by atoms with E-state index in [4.69, 9.17) is 0 Å². The minimum Gasteiger partial charge on any atom is -0.353 e. The van der Waals surface area contributed by atoms with Gasteiger partial charge in [0.2, 0.25) is 0 Å². The van der Waals surface area contributed by atoms with Crippen molar-refractivity contribution in [2.24, 2.45) is 0 Å². The number of H-pyrrole nitrogens is 1. The zero-order valence-corrected chi connectivity index (χ0v) is 10.8. The highest BCUT2D eigenvalue weighted by Crippen LogP contribution is 2.41. The number of benzene rings is 1. The maximum atomic E-state index is 3.35. The van der Waals surface area contributed by atoms with E-state index in [-0.39, 0.29) is 0 Å². The predicted octanol–water partition coefficient (Wildman–Crippen LogP) is 2.87. The van der Waals surface area contributed by atoms with E-state index in [0.29, 0.717) is 12.0 Å². The van der Waals surface area contributed by atoms with E-state index in [1.165, 1.54) is 27.6 Å². The highest BCUT2D eigenvalue weighted by molar-refractivity contribution is 5.88. The average molecular weight is 237 g/mol. The van der Waals surface area contributed by atoms with E-state index in [1.807, 2.05) is 0 Å². The van der Waals surface area contributed by atoms with Gasteiger partial charge in [-0.15, -0.1) is 0 Å². The summed E-state index contributed by atoms with van der Waals surface area (Å²) in [6.07, 6.45) is 6.93. The Bertz CT molecular complexity index is 650. The van der Waals surface area contributed by atoms with Crippen molar-refractivity contribution in [3.8, 4) is 0 Å². The van der Waals surface area contributed by atoms with Gasteiger partial charge in [-0.25, -0.2) is 0 Å². The Morgan fingerprint density at radius 1 is 1.39 bits per heavy atom. The van der Waals surface area contributed by atoms with Crippen molar-refractivity contribution in [1.82, 2.24) is 9.88 Å². The molecule has 0 saturated heterocycles. The molecular formula is C16H17N2. The lowest BCUT2D eigenvalue weighted by atomic mass is 9.77. The van der Waals surface area contributed by atoms with Gasteiger partial charge >= 0.3 is 0 Å². The maximum absolute atomic E-state index is 3.35. The summed E-state index contributed by atoms with van der Waals surface area (Å²) in [5.41, 5.74) is 5.56. The van der Waals surface area contributed by atoms with E-state index in [2.05, 4.69) is 54.3 Å². The van der Waals surface area contributed by atoms with Gasteiger partial charge in [-0.2, -0.15) is 0 Å². The van der Waals surface area contributed by atoms with Crippen LogP contribution in [0.4, 0.5) is 0 Å². The van der Waals surface area contributed by atoms with Crippen molar-refractivity contribution in [3.05, 3.63) is 47.2 Å². The maximum Gasteiger partial charge on any atom is 0.0666 e. The molecule has 0 spiro atoms. The molecule has 2 aliphatic rings. The predicted molar refractivity (Wildman–Crippen MR) is 73.8 cm³/mol. The summed E-state index contributed by atoms with van der Waals surface area (Å²) in [6, 6.07) is 7.19. The van der Waals surface area contributed by atoms with E-state index >= 15 is 0 Å². The molecule has 91 valence electrons. The van der Waals surface area contributed by atoms with Gasteiger partial charge in [0.25, 0.3) is 0 Å². The fraction of sp³-hybridized carbons (Fsp3) is 0.375. The smallest absolute Gasteiger partial charge is 0.0666 e. The Morgan fingerprint density at radius 3 is 3.17 bits per heavy atom. The normalized spacial score (nSPS) is 27.1. The number of nitrogens with one attached hydrogen (secondary N) is 1. The highest BCUT2D eigenvalue weighted by atomic mass is 15.1. The molecule has 4 rings (SSSR count). The zero-order valence-electron chi connectivity index (χ0n) is 10.8. The van der Waals surface area contributed by atoms with Crippen molar-refractivity contribution in [2.45, 2.75) is 25.3 Å². The third-order valence-corrected chi connectivity index (χ3v) is 4.46. The number of fused-ring (bicyclic) bond motifs is 2. The first-order chi connectivity index (χ1) is 8.74. The number of rotatable bonds is 0. The van der Waals surface area contributed by atoms with Crippen LogP contribution in [0.1, 0.15) is 24.0 Å². The molecule has 18 heavy (non-hydrogen) atoms. The molecule has 0 bridgehead atoms. The van der Waals surface area contributed by atoms with E-state index in [9.17, 15) is 0 Å². The Hall–Kier alpha value is -1.54. The van der Waals surface area contributed by atoms with Crippen LogP contribution in [0.2, 0.25) is 0 Å². The molecule has 2 atom stereocenters. The highest BCUT2D eigenvalue weighted by Gasteiger charge is 2.34. The summed E-state index contributed by atoms with van der Waals surface area (Å²) in [7, 11) is 2.24. The summed E-state index contributed by atoms with van der Waals surface area (Å²) < 4.78 is 0. The summed E-state index contributed by atoms with van der Waals surface area (Å²) in [5.74, 6) is 0.546. The average Bonchev–Trinajstić information content (AvgIpc) is 2.76. The first-order valence-electron chi connectivity index (χ1n) is 6.63. The molecule has 1 aromatic carbocycles. The van der Waals surface area contributed by atoms with Gasteiger partial charge in [0, 0.05) is 29.4 Å². The molecule has 1 radical (unpaired) electrons. The molecule has 1 aliphatic carbocycles. The second-order valence-electron chi connectivity index (χ2n) is 5.72. The lowest BCUT2D eigenvalue weighted by Crippen LogP contribution is -2.43. The van der Waals surface area contributed by atoms with Crippen LogP contribution in [-0.4, -0.2) is 29.5 Å². The minimum atomic E-state index is 0.546. The molecule has 2 aromatic rings. The van der Waals surface area contributed by atoms with E-state index < -0.39 is 0 Å². The van der Waals surface area contributed by atoms with Crippen LogP contribution < -0.4 is 0 Å². The number of aromatic amines is 1. The fourth-order valence-corrected chi connectivity index (χ4v) is 3.69. The van der Waals surface area contributed by atoms with Crippen LogP contribution in [0, 0.1) is 6.20 Å². The van der Waals surface area contributed by atoms with Gasteiger partial charge in [-0.1, -0.05) is 23.8 Å². The van der Waals surface area contributed by atoms with Gasteiger partial charge in [0.1, 0.15) is 0 Å². The lowest BCUT2D eigenvalue weighted by molar-refractivity contribution is 0.224. The second kappa shape index (κ2) is 3.48. The number of hydrogen-bond acceptors (Lipinski definition) is 1. The quantitative estimate of drug-likeness (QED) is 0.698. The largest absolute Gasteiger partial charge is 0.353 e. The van der Waals surface area contributed by atoms with Crippen LogP contribution in [0.25, 0.3) is 10.9 Å². The third kappa shape index (κ3) is 1.27. The van der Waals surface area contributed by atoms with Gasteiger partial charge < -0.3 is 4.98 Å². The Kier molecular flexibility index (Phi) is 2.01. The van der Waals surface area contributed by atoms with Gasteiger partial charge in [-0.3, -0.25) is 4.90 Å². The molecule has 0 saturated carbocycles. The standard InChI is InChI=1S/C16H17N2/c1-10-6-13-12-4-3-5-14-16(12)11(8-17-14)7-15(13)18(2)9-10/h3-6,13,15,17H,7,9H2,1-2H3/t13-,15-/m1/s1. The molecule has 0 unspecified atom stereocenters. The number of aromatic nitrogens is 1. The summed E-state index contributed by atoms with van der Waals surface area (Å²) in [4.78, 5) is 5.78. The molecule has 2 heteroatoms.